The summed E-state index contributed by atoms with van der Waals surface area (Å²) in [6.45, 7) is 4.34. The molecule has 0 aliphatic heterocycles. The van der Waals surface area contributed by atoms with E-state index in [1.807, 2.05) is 36.4 Å². The Morgan fingerprint density at radius 1 is 1.00 bits per heavy atom. The van der Waals surface area contributed by atoms with Crippen LogP contribution in [-0.4, -0.2) is 26.5 Å². The maximum Gasteiger partial charge on any atom is 0.162 e. The molecule has 0 saturated carbocycles. The Kier molecular flexibility index (Phi) is 4.15. The van der Waals surface area contributed by atoms with Crippen LogP contribution in [0.3, 0.4) is 0 Å². The lowest BCUT2D eigenvalue weighted by atomic mass is 10.2. The fourth-order valence-corrected chi connectivity index (χ4v) is 1.99. The van der Waals surface area contributed by atoms with E-state index in [1.165, 1.54) is 0 Å². The third kappa shape index (κ3) is 3.15. The molecule has 5 nitrogen and oxygen atoms in total. The van der Waals surface area contributed by atoms with Crippen molar-refractivity contribution in [2.24, 2.45) is 0 Å². The van der Waals surface area contributed by atoms with Crippen LogP contribution in [0.15, 0.2) is 67.6 Å². The summed E-state index contributed by atoms with van der Waals surface area (Å²) in [7, 11) is 0. The predicted octanol–water partition coefficient (Wildman–Crippen LogP) is 3.20. The van der Waals surface area contributed by atoms with Gasteiger partial charge >= 0.3 is 0 Å². The number of pyridine rings is 2. The van der Waals surface area contributed by atoms with Crippen LogP contribution in [-0.2, 0) is 0 Å². The molecule has 0 spiro atoms. The van der Waals surface area contributed by atoms with Crippen LogP contribution < -0.4 is 5.32 Å². The van der Waals surface area contributed by atoms with Crippen LogP contribution in [0.1, 0.15) is 0 Å². The van der Waals surface area contributed by atoms with E-state index in [9.17, 15) is 0 Å². The zero-order chi connectivity index (χ0) is 15.2. The van der Waals surface area contributed by atoms with Crippen LogP contribution in [0.2, 0.25) is 0 Å². The van der Waals surface area contributed by atoms with E-state index >= 15 is 0 Å². The number of anilines is 1. The molecule has 22 heavy (non-hydrogen) atoms. The van der Waals surface area contributed by atoms with Gasteiger partial charge in [-0.15, -0.1) is 6.58 Å². The lowest BCUT2D eigenvalue weighted by Gasteiger charge is -2.09. The minimum atomic E-state index is 0.633. The molecule has 0 saturated heterocycles. The molecule has 0 aromatic carbocycles. The van der Waals surface area contributed by atoms with Gasteiger partial charge in [-0.25, -0.2) is 9.97 Å². The Labute approximate surface area is 128 Å². The fourth-order valence-electron chi connectivity index (χ4n) is 1.99. The third-order valence-corrected chi connectivity index (χ3v) is 3.02. The monoisotopic (exact) mass is 289 g/mol. The molecule has 0 aliphatic rings. The minimum absolute atomic E-state index is 0.633. The highest BCUT2D eigenvalue weighted by Crippen LogP contribution is 2.22. The first-order valence-electron chi connectivity index (χ1n) is 6.92. The summed E-state index contributed by atoms with van der Waals surface area (Å²) >= 11 is 0. The highest BCUT2D eigenvalue weighted by molar-refractivity contribution is 5.65. The molecule has 5 heteroatoms. The Bertz CT molecular complexity index is 699. The molecule has 0 amide bonds. The maximum atomic E-state index is 4.61. The summed E-state index contributed by atoms with van der Waals surface area (Å²) in [4.78, 5) is 17.5. The molecule has 0 radical (unpaired) electrons. The highest BCUT2D eigenvalue weighted by Gasteiger charge is 2.09. The van der Waals surface area contributed by atoms with E-state index in [0.29, 0.717) is 12.4 Å². The van der Waals surface area contributed by atoms with Gasteiger partial charge in [0.15, 0.2) is 5.82 Å². The van der Waals surface area contributed by atoms with E-state index in [4.69, 9.17) is 0 Å². The SMILES string of the molecule is C=CCNc1cc(-c2ccccn2)nc(-c2ccncc2)n1. The lowest BCUT2D eigenvalue weighted by molar-refractivity contribution is 1.13. The molecule has 0 aliphatic carbocycles. The van der Waals surface area contributed by atoms with E-state index in [2.05, 4.69) is 31.8 Å². The van der Waals surface area contributed by atoms with Gasteiger partial charge in [0, 0.05) is 36.8 Å². The molecule has 0 fully saturated rings. The zero-order valence-corrected chi connectivity index (χ0v) is 12.0. The second kappa shape index (κ2) is 6.58. The van der Waals surface area contributed by atoms with Crippen LogP contribution in [0.25, 0.3) is 22.8 Å². The Morgan fingerprint density at radius 3 is 2.59 bits per heavy atom. The normalized spacial score (nSPS) is 10.2. The number of rotatable bonds is 5. The van der Waals surface area contributed by atoms with Crippen molar-refractivity contribution in [3.63, 3.8) is 0 Å². The summed E-state index contributed by atoms with van der Waals surface area (Å²) in [6, 6.07) is 11.4. The molecule has 1 N–H and O–H groups in total. The van der Waals surface area contributed by atoms with Crippen LogP contribution in [0.4, 0.5) is 5.82 Å². The first-order valence-corrected chi connectivity index (χ1v) is 6.92. The first-order chi connectivity index (χ1) is 10.9. The summed E-state index contributed by atoms with van der Waals surface area (Å²) in [6.07, 6.45) is 6.99. The highest BCUT2D eigenvalue weighted by atomic mass is 15.0. The standard InChI is InChI=1S/C17H15N5/c1-2-8-20-16-12-15(14-5-3-4-9-19-14)21-17(22-16)13-6-10-18-11-7-13/h2-7,9-12H,1,8H2,(H,20,21,22). The average molecular weight is 289 g/mol. The van der Waals surface area contributed by atoms with Crippen LogP contribution in [0, 0.1) is 0 Å². The van der Waals surface area contributed by atoms with Gasteiger partial charge in [0.1, 0.15) is 5.82 Å². The van der Waals surface area contributed by atoms with Gasteiger partial charge in [-0.05, 0) is 24.3 Å². The van der Waals surface area contributed by atoms with Crippen molar-refractivity contribution in [1.29, 1.82) is 0 Å². The quantitative estimate of drug-likeness (QED) is 0.731. The zero-order valence-electron chi connectivity index (χ0n) is 12.0. The smallest absolute Gasteiger partial charge is 0.162 e. The van der Waals surface area contributed by atoms with Gasteiger partial charge in [0.25, 0.3) is 0 Å². The topological polar surface area (TPSA) is 63.6 Å². The maximum absolute atomic E-state index is 4.61. The Morgan fingerprint density at radius 2 is 1.86 bits per heavy atom. The van der Waals surface area contributed by atoms with Crippen LogP contribution >= 0.6 is 0 Å². The van der Waals surface area contributed by atoms with Crippen molar-refractivity contribution in [1.82, 2.24) is 19.9 Å². The molecular formula is C17H15N5. The number of hydrogen-bond donors (Lipinski definition) is 1. The number of hydrogen-bond acceptors (Lipinski definition) is 5. The molecule has 3 heterocycles. The molecule has 0 bridgehead atoms. The summed E-state index contributed by atoms with van der Waals surface area (Å²) in [5.41, 5.74) is 2.49. The number of aromatic nitrogens is 4. The van der Waals surface area contributed by atoms with Crippen LogP contribution in [0.5, 0.6) is 0 Å². The van der Waals surface area contributed by atoms with E-state index in [-0.39, 0.29) is 0 Å². The minimum Gasteiger partial charge on any atom is -0.366 e. The molecular weight excluding hydrogens is 274 g/mol. The van der Waals surface area contributed by atoms with Crippen molar-refractivity contribution in [2.75, 3.05) is 11.9 Å². The van der Waals surface area contributed by atoms with Gasteiger partial charge in [0.05, 0.1) is 11.4 Å². The molecule has 3 aromatic heterocycles. The Balaban J connectivity index is 2.08. The largest absolute Gasteiger partial charge is 0.366 e. The Hall–Kier alpha value is -3.08. The van der Waals surface area contributed by atoms with Gasteiger partial charge in [0.2, 0.25) is 0 Å². The molecule has 3 aromatic rings. The second-order valence-electron chi connectivity index (χ2n) is 4.58. The van der Waals surface area contributed by atoms with Gasteiger partial charge in [-0.3, -0.25) is 9.97 Å². The van der Waals surface area contributed by atoms with E-state index in [0.717, 1.165) is 22.8 Å². The van der Waals surface area contributed by atoms with Crippen molar-refractivity contribution in [3.05, 3.63) is 67.6 Å². The third-order valence-electron chi connectivity index (χ3n) is 3.02. The number of nitrogens with zero attached hydrogens (tertiary/aromatic N) is 4. The molecule has 0 atom stereocenters. The van der Waals surface area contributed by atoms with Gasteiger partial charge in [-0.1, -0.05) is 12.1 Å². The fraction of sp³-hybridized carbons (Fsp3) is 0.0588. The summed E-state index contributed by atoms with van der Waals surface area (Å²) in [5.74, 6) is 1.37. The van der Waals surface area contributed by atoms with Crippen molar-refractivity contribution < 1.29 is 0 Å². The average Bonchev–Trinajstić information content (AvgIpc) is 2.61. The predicted molar refractivity (Wildman–Crippen MR) is 87.2 cm³/mol. The van der Waals surface area contributed by atoms with Gasteiger partial charge < -0.3 is 5.32 Å². The van der Waals surface area contributed by atoms with Crippen molar-refractivity contribution in [2.45, 2.75) is 0 Å². The van der Waals surface area contributed by atoms with E-state index in [1.54, 1.807) is 24.7 Å². The number of nitrogens with one attached hydrogen (secondary N) is 1. The van der Waals surface area contributed by atoms with E-state index < -0.39 is 0 Å². The van der Waals surface area contributed by atoms with Crippen molar-refractivity contribution in [3.8, 4) is 22.8 Å². The molecule has 108 valence electrons. The summed E-state index contributed by atoms with van der Waals surface area (Å²) in [5, 5.41) is 3.20. The first kappa shape index (κ1) is 13.9. The van der Waals surface area contributed by atoms with Crippen molar-refractivity contribution >= 4 is 5.82 Å². The second-order valence-corrected chi connectivity index (χ2v) is 4.58. The summed E-state index contributed by atoms with van der Waals surface area (Å²) < 4.78 is 0. The molecule has 3 rings (SSSR count). The van der Waals surface area contributed by atoms with Gasteiger partial charge in [-0.2, -0.15) is 0 Å². The molecule has 0 unspecified atom stereocenters. The lowest BCUT2D eigenvalue weighted by Crippen LogP contribution is -2.03.